The highest BCUT2D eigenvalue weighted by atomic mass is 32.1. The van der Waals surface area contributed by atoms with Crippen molar-refractivity contribution in [2.75, 3.05) is 11.4 Å². The Balaban J connectivity index is 1.23. The van der Waals surface area contributed by atoms with Crippen LogP contribution >= 0.6 is 11.3 Å². The van der Waals surface area contributed by atoms with Gasteiger partial charge in [-0.2, -0.15) is 0 Å². The molecule has 6 nitrogen and oxygen atoms in total. The summed E-state index contributed by atoms with van der Waals surface area (Å²) in [7, 11) is 0. The number of aromatic nitrogens is 1. The van der Waals surface area contributed by atoms with Crippen molar-refractivity contribution in [1.29, 1.82) is 0 Å². The van der Waals surface area contributed by atoms with Gasteiger partial charge in [-0.1, -0.05) is 12.1 Å². The third-order valence-electron chi connectivity index (χ3n) is 5.10. The molecule has 1 N–H and O–H groups in total. The van der Waals surface area contributed by atoms with Gasteiger partial charge in [-0.05, 0) is 55.0 Å². The molecule has 5 rings (SSSR count). The molecule has 0 unspecified atom stereocenters. The van der Waals surface area contributed by atoms with Crippen molar-refractivity contribution in [3.63, 3.8) is 0 Å². The van der Waals surface area contributed by atoms with Crippen LogP contribution in [0.3, 0.4) is 0 Å². The van der Waals surface area contributed by atoms with Gasteiger partial charge in [0, 0.05) is 24.2 Å². The fourth-order valence-corrected chi connectivity index (χ4v) is 4.48. The Bertz CT molecular complexity index is 1190. The Kier molecular flexibility index (Phi) is 4.80. The van der Waals surface area contributed by atoms with Gasteiger partial charge in [0.2, 0.25) is 5.91 Å². The van der Waals surface area contributed by atoms with Gasteiger partial charge in [0.05, 0.1) is 16.8 Å². The fraction of sp³-hybridized carbons (Fsp3) is 0.174. The number of furan rings is 1. The highest BCUT2D eigenvalue weighted by Crippen LogP contribution is 2.31. The van der Waals surface area contributed by atoms with E-state index in [1.807, 2.05) is 48.5 Å². The van der Waals surface area contributed by atoms with Crippen LogP contribution in [0.5, 0.6) is 0 Å². The monoisotopic (exact) mass is 417 g/mol. The molecule has 1 saturated heterocycles. The van der Waals surface area contributed by atoms with Gasteiger partial charge in [-0.25, -0.2) is 4.98 Å². The number of carbonyl (C=O) groups excluding carboxylic acids is 2. The minimum Gasteiger partial charge on any atom is -0.457 e. The molecule has 1 aliphatic heterocycles. The second-order valence-corrected chi connectivity index (χ2v) is 8.16. The number of hydrogen-bond acceptors (Lipinski definition) is 5. The predicted molar refractivity (Wildman–Crippen MR) is 117 cm³/mol. The number of amides is 2. The number of rotatable bonds is 5. The van der Waals surface area contributed by atoms with Gasteiger partial charge >= 0.3 is 0 Å². The molecule has 0 bridgehead atoms. The number of fused-ring (bicyclic) bond motifs is 1. The number of hydrogen-bond donors (Lipinski definition) is 1. The van der Waals surface area contributed by atoms with E-state index < -0.39 is 0 Å². The van der Waals surface area contributed by atoms with Crippen LogP contribution in [0.1, 0.15) is 29.0 Å². The largest absolute Gasteiger partial charge is 0.457 e. The summed E-state index contributed by atoms with van der Waals surface area (Å²) in [6.07, 6.45) is 1.47. The van der Waals surface area contributed by atoms with Crippen LogP contribution in [-0.4, -0.2) is 23.3 Å². The van der Waals surface area contributed by atoms with Crippen molar-refractivity contribution < 1.29 is 14.0 Å². The zero-order chi connectivity index (χ0) is 20.5. The zero-order valence-electron chi connectivity index (χ0n) is 16.1. The number of para-hydroxylation sites is 1. The van der Waals surface area contributed by atoms with Crippen molar-refractivity contribution in [2.45, 2.75) is 19.4 Å². The van der Waals surface area contributed by atoms with Crippen molar-refractivity contribution in [2.24, 2.45) is 0 Å². The lowest BCUT2D eigenvalue weighted by atomic mass is 10.2. The van der Waals surface area contributed by atoms with E-state index in [0.717, 1.165) is 33.9 Å². The predicted octanol–water partition coefficient (Wildman–Crippen LogP) is 4.61. The lowest BCUT2D eigenvalue weighted by Gasteiger charge is -2.15. The molecule has 0 spiro atoms. The Morgan fingerprint density at radius 1 is 1.10 bits per heavy atom. The van der Waals surface area contributed by atoms with Crippen molar-refractivity contribution in [3.05, 3.63) is 72.0 Å². The Labute approximate surface area is 177 Å². The molecule has 2 aromatic heterocycles. The Hall–Kier alpha value is -3.45. The van der Waals surface area contributed by atoms with E-state index in [9.17, 15) is 9.59 Å². The number of carbonyl (C=O) groups is 2. The first-order chi connectivity index (χ1) is 14.7. The van der Waals surface area contributed by atoms with E-state index in [1.165, 1.54) is 0 Å². The van der Waals surface area contributed by atoms with Gasteiger partial charge in [0.15, 0.2) is 10.8 Å². The molecule has 2 amide bonds. The van der Waals surface area contributed by atoms with E-state index in [-0.39, 0.29) is 18.4 Å². The standard InChI is InChI=1S/C23H19N3O3S/c27-21-6-3-13-26(21)16-9-7-15(8-10-16)22(28)24-14-17-11-12-19(29-17)23-25-18-4-1-2-5-20(18)30-23/h1-2,4-5,7-12H,3,6,13-14H2,(H,24,28). The van der Waals surface area contributed by atoms with Gasteiger partial charge in [-0.3, -0.25) is 9.59 Å². The van der Waals surface area contributed by atoms with Crippen LogP contribution in [0.4, 0.5) is 5.69 Å². The van der Waals surface area contributed by atoms with E-state index >= 15 is 0 Å². The Morgan fingerprint density at radius 2 is 1.93 bits per heavy atom. The fourth-order valence-electron chi connectivity index (χ4n) is 3.55. The van der Waals surface area contributed by atoms with Gasteiger partial charge < -0.3 is 14.6 Å². The minimum absolute atomic E-state index is 0.133. The topological polar surface area (TPSA) is 75.4 Å². The molecular weight excluding hydrogens is 398 g/mol. The molecule has 150 valence electrons. The molecule has 0 saturated carbocycles. The van der Waals surface area contributed by atoms with E-state index in [4.69, 9.17) is 4.42 Å². The quantitative estimate of drug-likeness (QED) is 0.514. The third-order valence-corrected chi connectivity index (χ3v) is 6.16. The summed E-state index contributed by atoms with van der Waals surface area (Å²) >= 11 is 1.58. The lowest BCUT2D eigenvalue weighted by Crippen LogP contribution is -2.24. The molecule has 0 radical (unpaired) electrons. The summed E-state index contributed by atoms with van der Waals surface area (Å²) in [5.74, 6) is 1.30. The number of benzene rings is 2. The first-order valence-electron chi connectivity index (χ1n) is 9.81. The molecule has 3 heterocycles. The molecule has 30 heavy (non-hydrogen) atoms. The number of anilines is 1. The molecule has 7 heteroatoms. The molecule has 2 aromatic carbocycles. The summed E-state index contributed by atoms with van der Waals surface area (Å²) in [4.78, 5) is 30.7. The molecular formula is C23H19N3O3S. The average molecular weight is 417 g/mol. The average Bonchev–Trinajstić information content (AvgIpc) is 3.51. The van der Waals surface area contributed by atoms with Crippen LogP contribution in [-0.2, 0) is 11.3 Å². The number of nitrogens with zero attached hydrogens (tertiary/aromatic N) is 2. The summed E-state index contributed by atoms with van der Waals surface area (Å²) in [5.41, 5.74) is 2.33. The highest BCUT2D eigenvalue weighted by Gasteiger charge is 2.21. The number of thiazole rings is 1. The van der Waals surface area contributed by atoms with Gasteiger partial charge in [0.1, 0.15) is 5.76 Å². The van der Waals surface area contributed by atoms with Crippen LogP contribution in [0.15, 0.2) is 65.1 Å². The first kappa shape index (κ1) is 18.6. The maximum Gasteiger partial charge on any atom is 0.251 e. The number of nitrogens with one attached hydrogen (secondary N) is 1. The zero-order valence-corrected chi connectivity index (χ0v) is 16.9. The molecule has 1 aliphatic rings. The van der Waals surface area contributed by atoms with Crippen molar-refractivity contribution >= 4 is 39.1 Å². The Morgan fingerprint density at radius 3 is 2.70 bits per heavy atom. The maximum atomic E-state index is 12.5. The molecule has 0 aliphatic carbocycles. The van der Waals surface area contributed by atoms with Crippen molar-refractivity contribution in [1.82, 2.24) is 10.3 Å². The van der Waals surface area contributed by atoms with E-state index in [1.54, 1.807) is 28.4 Å². The van der Waals surface area contributed by atoms with Crippen LogP contribution in [0.2, 0.25) is 0 Å². The highest BCUT2D eigenvalue weighted by molar-refractivity contribution is 7.21. The maximum absolute atomic E-state index is 12.5. The first-order valence-corrected chi connectivity index (χ1v) is 10.6. The lowest BCUT2D eigenvalue weighted by molar-refractivity contribution is -0.117. The summed E-state index contributed by atoms with van der Waals surface area (Å²) < 4.78 is 6.98. The van der Waals surface area contributed by atoms with Gasteiger partial charge in [0.25, 0.3) is 5.91 Å². The van der Waals surface area contributed by atoms with E-state index in [0.29, 0.717) is 23.5 Å². The summed E-state index contributed by atoms with van der Waals surface area (Å²) in [5, 5.41) is 3.69. The van der Waals surface area contributed by atoms with E-state index in [2.05, 4.69) is 10.3 Å². The van der Waals surface area contributed by atoms with Gasteiger partial charge in [-0.15, -0.1) is 11.3 Å². The summed E-state index contributed by atoms with van der Waals surface area (Å²) in [6, 6.07) is 18.8. The van der Waals surface area contributed by atoms with Crippen LogP contribution in [0, 0.1) is 0 Å². The molecule has 4 aromatic rings. The minimum atomic E-state index is -0.188. The summed E-state index contributed by atoms with van der Waals surface area (Å²) in [6.45, 7) is 1.02. The van der Waals surface area contributed by atoms with Crippen molar-refractivity contribution in [3.8, 4) is 10.8 Å². The molecule has 0 atom stereocenters. The second-order valence-electron chi connectivity index (χ2n) is 7.13. The second kappa shape index (κ2) is 7.76. The SMILES string of the molecule is O=C(NCc1ccc(-c2nc3ccccc3s2)o1)c1ccc(N2CCCC2=O)cc1. The normalized spacial score (nSPS) is 13.9. The van der Waals surface area contributed by atoms with Crippen LogP contribution < -0.4 is 10.2 Å². The van der Waals surface area contributed by atoms with Crippen LogP contribution in [0.25, 0.3) is 21.0 Å². The molecule has 1 fully saturated rings. The third kappa shape index (κ3) is 3.59. The smallest absolute Gasteiger partial charge is 0.251 e.